The monoisotopic (exact) mass is 172 g/mol. The van der Waals surface area contributed by atoms with Crippen molar-refractivity contribution in [3.8, 4) is 0 Å². The smallest absolute Gasteiger partial charge is 0.542 e. The fraction of sp³-hybridized carbons (Fsp3) is 0.500. The van der Waals surface area contributed by atoms with Gasteiger partial charge in [0.15, 0.2) is 0 Å². The summed E-state index contributed by atoms with van der Waals surface area (Å²) in [6.45, 7) is 0. The molecule has 0 rings (SSSR count). The van der Waals surface area contributed by atoms with E-state index in [4.69, 9.17) is 9.90 Å². The summed E-state index contributed by atoms with van der Waals surface area (Å²) in [5.41, 5.74) is 0. The molecule has 0 saturated heterocycles. The van der Waals surface area contributed by atoms with Crippen LogP contribution in [0.3, 0.4) is 0 Å². The van der Waals surface area contributed by atoms with E-state index in [0.717, 1.165) is 0 Å². The molecule has 8 heavy (non-hydrogen) atoms. The van der Waals surface area contributed by atoms with Gasteiger partial charge in [0, 0.05) is 0 Å². The molecule has 0 aliphatic carbocycles. The van der Waals surface area contributed by atoms with E-state index >= 15 is 0 Å². The molecule has 0 bridgehead atoms. The molecule has 0 aliphatic rings. The number of halogens is 3. The minimum absolute atomic E-state index is 0. The first-order valence-corrected chi connectivity index (χ1v) is 1.23. The molecule has 0 fully saturated rings. The molecule has 0 aromatic rings. The third-order valence-corrected chi connectivity index (χ3v) is 0.231. The Morgan fingerprint density at radius 3 is 1.50 bits per heavy atom. The molecular weight excluding hydrogens is 172 g/mol. The van der Waals surface area contributed by atoms with Crippen LogP contribution in [0.4, 0.5) is 13.2 Å². The SMILES string of the molecule is O=C([O-])C(F)(F)F.[Co+3]. The summed E-state index contributed by atoms with van der Waals surface area (Å²) in [4.78, 5) is 8.78. The van der Waals surface area contributed by atoms with Gasteiger partial charge < -0.3 is 9.90 Å². The van der Waals surface area contributed by atoms with Crippen molar-refractivity contribution in [2.24, 2.45) is 0 Å². The maximum Gasteiger partial charge on any atom is 3.00 e. The molecule has 0 heterocycles. The van der Waals surface area contributed by atoms with E-state index in [1.807, 2.05) is 0 Å². The van der Waals surface area contributed by atoms with Crippen LogP contribution in [0.25, 0.3) is 0 Å². The first-order chi connectivity index (χ1) is 2.94. The number of aliphatic carboxylic acids is 1. The van der Waals surface area contributed by atoms with Crippen LogP contribution in [-0.4, -0.2) is 12.1 Å². The molecule has 0 N–H and O–H groups in total. The number of alkyl halides is 3. The van der Waals surface area contributed by atoms with E-state index in [9.17, 15) is 13.2 Å². The quantitative estimate of drug-likeness (QED) is 0.484. The molecule has 6 heteroatoms. The minimum atomic E-state index is -5.19. The van der Waals surface area contributed by atoms with E-state index in [0.29, 0.717) is 0 Å². The Morgan fingerprint density at radius 1 is 1.38 bits per heavy atom. The van der Waals surface area contributed by atoms with E-state index in [2.05, 4.69) is 0 Å². The number of hydrogen-bond acceptors (Lipinski definition) is 2. The molecule has 0 aromatic heterocycles. The Balaban J connectivity index is 0. The second kappa shape index (κ2) is 2.93. The number of carbonyl (C=O) groups excluding carboxylic acids is 1. The summed E-state index contributed by atoms with van der Waals surface area (Å²) in [7, 11) is 0. The summed E-state index contributed by atoms with van der Waals surface area (Å²) >= 11 is 0. The van der Waals surface area contributed by atoms with Crippen LogP contribution in [0.5, 0.6) is 0 Å². The van der Waals surface area contributed by atoms with Gasteiger partial charge in [0.05, 0.1) is 0 Å². The number of carbonyl (C=O) groups is 1. The Hall–Kier alpha value is -0.234. The second-order valence-electron chi connectivity index (χ2n) is 0.785. The van der Waals surface area contributed by atoms with E-state index in [-0.39, 0.29) is 16.8 Å². The summed E-state index contributed by atoms with van der Waals surface area (Å²) in [5.74, 6) is -3.01. The van der Waals surface area contributed by atoms with Crippen LogP contribution in [-0.2, 0) is 21.6 Å². The van der Waals surface area contributed by atoms with Crippen LogP contribution in [0, 0.1) is 0 Å². The van der Waals surface area contributed by atoms with Crippen molar-refractivity contribution in [3.63, 3.8) is 0 Å². The van der Waals surface area contributed by atoms with Crippen LogP contribution in [0.15, 0.2) is 0 Å². The second-order valence-corrected chi connectivity index (χ2v) is 0.785. The van der Waals surface area contributed by atoms with Crippen LogP contribution in [0.2, 0.25) is 0 Å². The minimum Gasteiger partial charge on any atom is -0.542 e. The number of rotatable bonds is 0. The average Bonchev–Trinajstić information content (AvgIpc) is 1.31. The molecule has 0 saturated carbocycles. The van der Waals surface area contributed by atoms with Gasteiger partial charge >= 0.3 is 23.0 Å². The Kier molecular flexibility index (Phi) is 3.91. The summed E-state index contributed by atoms with van der Waals surface area (Å²) < 4.78 is 31.5. The van der Waals surface area contributed by atoms with Gasteiger partial charge in [-0.25, -0.2) is 0 Å². The first-order valence-electron chi connectivity index (χ1n) is 1.23. The van der Waals surface area contributed by atoms with E-state index in [1.165, 1.54) is 0 Å². The number of hydrogen-bond donors (Lipinski definition) is 0. The zero-order chi connectivity index (χ0) is 6.08. The van der Waals surface area contributed by atoms with Crippen molar-refractivity contribution in [2.75, 3.05) is 0 Å². The molecule has 0 aromatic carbocycles. The molecule has 48 valence electrons. The molecular formula is C2CoF3O2+2. The van der Waals surface area contributed by atoms with Gasteiger partial charge in [0.2, 0.25) is 0 Å². The third-order valence-electron chi connectivity index (χ3n) is 0.231. The first kappa shape index (κ1) is 10.7. The predicted octanol–water partition coefficient (Wildman–Crippen LogP) is -0.704. The van der Waals surface area contributed by atoms with Crippen molar-refractivity contribution >= 4 is 5.97 Å². The Bertz CT molecular complexity index is 87.8. The van der Waals surface area contributed by atoms with Crippen LogP contribution < -0.4 is 5.11 Å². The molecule has 0 aliphatic heterocycles. The zero-order valence-electron chi connectivity index (χ0n) is 3.28. The van der Waals surface area contributed by atoms with Gasteiger partial charge in [-0.1, -0.05) is 0 Å². The van der Waals surface area contributed by atoms with Gasteiger partial charge in [-0.3, -0.25) is 0 Å². The number of carboxylic acids is 1. The topological polar surface area (TPSA) is 40.1 Å². The van der Waals surface area contributed by atoms with Crippen molar-refractivity contribution < 1.29 is 39.9 Å². The van der Waals surface area contributed by atoms with Crippen molar-refractivity contribution in [1.29, 1.82) is 0 Å². The standard InChI is InChI=1S/C2HF3O2.Co/c3-2(4,5)1(6)7;/h(H,6,7);/q;+3/p-1. The third kappa shape index (κ3) is 3.94. The van der Waals surface area contributed by atoms with Gasteiger partial charge in [0.25, 0.3) is 0 Å². The largest absolute Gasteiger partial charge is 3.00 e. The Morgan fingerprint density at radius 2 is 1.50 bits per heavy atom. The molecule has 2 nitrogen and oxygen atoms in total. The zero-order valence-corrected chi connectivity index (χ0v) is 4.32. The van der Waals surface area contributed by atoms with Gasteiger partial charge in [0.1, 0.15) is 5.97 Å². The van der Waals surface area contributed by atoms with E-state index < -0.39 is 12.1 Å². The average molecular weight is 172 g/mol. The summed E-state index contributed by atoms with van der Waals surface area (Å²) in [6, 6.07) is 0. The van der Waals surface area contributed by atoms with Crippen LogP contribution in [0.1, 0.15) is 0 Å². The maximum atomic E-state index is 10.5. The summed E-state index contributed by atoms with van der Waals surface area (Å²) in [5, 5.41) is 8.78. The van der Waals surface area contributed by atoms with Gasteiger partial charge in [-0.2, -0.15) is 13.2 Å². The van der Waals surface area contributed by atoms with Gasteiger partial charge in [-0.05, 0) is 0 Å². The fourth-order valence-corrected chi connectivity index (χ4v) is 0. The fourth-order valence-electron chi connectivity index (χ4n) is 0. The van der Waals surface area contributed by atoms with Gasteiger partial charge in [-0.15, -0.1) is 0 Å². The van der Waals surface area contributed by atoms with E-state index in [1.54, 1.807) is 0 Å². The maximum absolute atomic E-state index is 10.5. The molecule has 0 amide bonds. The van der Waals surface area contributed by atoms with Crippen molar-refractivity contribution in [2.45, 2.75) is 6.18 Å². The normalized spacial score (nSPS) is 9.88. The Labute approximate surface area is 52.9 Å². The van der Waals surface area contributed by atoms with Crippen molar-refractivity contribution in [3.05, 3.63) is 0 Å². The predicted molar refractivity (Wildman–Crippen MR) is 11.1 cm³/mol. The van der Waals surface area contributed by atoms with Crippen molar-refractivity contribution in [1.82, 2.24) is 0 Å². The number of carboxylic acid groups (broad SMARTS) is 1. The molecule has 0 atom stereocenters. The molecule has 0 unspecified atom stereocenters. The molecule has 0 radical (unpaired) electrons. The summed E-state index contributed by atoms with van der Waals surface area (Å²) in [6.07, 6.45) is -5.19. The van der Waals surface area contributed by atoms with Crippen LogP contribution >= 0.6 is 0 Å². The molecule has 0 spiro atoms.